The van der Waals surface area contributed by atoms with Crippen LogP contribution < -0.4 is 0 Å². The Balaban J connectivity index is 2.30. The molecule has 0 saturated carbocycles. The molecule has 0 heterocycles. The lowest BCUT2D eigenvalue weighted by atomic mass is 9.81. The van der Waals surface area contributed by atoms with E-state index in [9.17, 15) is 15.0 Å². The summed E-state index contributed by atoms with van der Waals surface area (Å²) in [6.07, 6.45) is 5.48. The summed E-state index contributed by atoms with van der Waals surface area (Å²) in [5.74, 6) is -0.361. The van der Waals surface area contributed by atoms with Gasteiger partial charge in [-0.25, -0.2) is 4.79 Å². The summed E-state index contributed by atoms with van der Waals surface area (Å²) in [5.41, 5.74) is 2.71. The van der Waals surface area contributed by atoms with Crippen molar-refractivity contribution in [2.75, 3.05) is 0 Å². The highest BCUT2D eigenvalue weighted by molar-refractivity contribution is 5.89. The lowest BCUT2D eigenvalue weighted by Crippen LogP contribution is -2.38. The molecule has 1 aliphatic carbocycles. The first kappa shape index (κ1) is 20.2. The molecule has 3 atom stereocenters. The third-order valence-electron chi connectivity index (χ3n) is 4.96. The minimum Gasteiger partial charge on any atom is -0.508 e. The molecule has 1 aromatic carbocycles. The van der Waals surface area contributed by atoms with Crippen LogP contribution in [0.1, 0.15) is 57.3 Å². The van der Waals surface area contributed by atoms with Crippen LogP contribution in [0, 0.1) is 11.8 Å². The summed E-state index contributed by atoms with van der Waals surface area (Å²) >= 11 is 0. The van der Waals surface area contributed by atoms with E-state index in [-0.39, 0.29) is 17.6 Å². The number of aromatic hydroxyl groups is 1. The number of allylic oxidation sites excluding steroid dienone is 2. The first-order valence-corrected chi connectivity index (χ1v) is 9.29. The maximum Gasteiger partial charge on any atom is 0.338 e. The van der Waals surface area contributed by atoms with E-state index >= 15 is 0 Å². The predicted octanol–water partition coefficient (Wildman–Crippen LogP) is 4.63. The Hall–Kier alpha value is -2.07. The van der Waals surface area contributed by atoms with Crippen LogP contribution in [0.4, 0.5) is 0 Å². The Morgan fingerprint density at radius 1 is 1.15 bits per heavy atom. The maximum atomic E-state index is 12.6. The van der Waals surface area contributed by atoms with Gasteiger partial charge in [0, 0.05) is 12.3 Å². The number of rotatable bonds is 3. The normalized spacial score (nSPS) is 24.6. The van der Waals surface area contributed by atoms with Crippen LogP contribution >= 0.6 is 0 Å². The monoisotopic (exact) mass is 358 g/mol. The molecule has 142 valence electrons. The van der Waals surface area contributed by atoms with Gasteiger partial charge in [-0.3, -0.25) is 0 Å². The number of ether oxygens (including phenoxy) is 1. The summed E-state index contributed by atoms with van der Waals surface area (Å²) < 4.78 is 5.85. The van der Waals surface area contributed by atoms with E-state index in [2.05, 4.69) is 6.08 Å². The molecule has 0 fully saturated rings. The van der Waals surface area contributed by atoms with E-state index in [1.54, 1.807) is 12.1 Å². The number of carbonyl (C=O) groups excluding carboxylic acids is 1. The minimum absolute atomic E-state index is 0.107. The summed E-state index contributed by atoms with van der Waals surface area (Å²) in [6, 6.07) is 6.03. The van der Waals surface area contributed by atoms with Crippen LogP contribution in [0.2, 0.25) is 0 Å². The topological polar surface area (TPSA) is 66.8 Å². The van der Waals surface area contributed by atoms with Gasteiger partial charge in [0.2, 0.25) is 0 Å². The molecule has 1 aromatic rings. The smallest absolute Gasteiger partial charge is 0.338 e. The molecule has 26 heavy (non-hydrogen) atoms. The number of carbonyl (C=O) groups is 1. The van der Waals surface area contributed by atoms with Crippen molar-refractivity contribution in [3.63, 3.8) is 0 Å². The molecule has 0 saturated heterocycles. The van der Waals surface area contributed by atoms with E-state index in [1.807, 2.05) is 33.8 Å². The number of esters is 1. The standard InChI is InChI=1S/C22H30O4/c1-14(2)21-19(24)12-15(3)6-5-7-16(4)13-20(21)26-22(25)17-8-10-18(23)11-9-17/h7-12,14,19-21,23-24H,5-6,13H2,1-4H3/t19-,20-,21-/m1/s1. The predicted molar refractivity (Wildman–Crippen MR) is 103 cm³/mol. The fraction of sp³-hybridized carbons (Fsp3) is 0.500. The second kappa shape index (κ2) is 9.04. The Morgan fingerprint density at radius 3 is 2.42 bits per heavy atom. The van der Waals surface area contributed by atoms with Crippen molar-refractivity contribution in [1.29, 1.82) is 0 Å². The van der Waals surface area contributed by atoms with Gasteiger partial charge in [-0.2, -0.15) is 0 Å². The molecular formula is C22H30O4. The number of aliphatic hydroxyl groups is 1. The van der Waals surface area contributed by atoms with Crippen LogP contribution in [0.25, 0.3) is 0 Å². The number of hydrogen-bond acceptors (Lipinski definition) is 4. The van der Waals surface area contributed by atoms with Crippen LogP contribution in [-0.2, 0) is 4.74 Å². The van der Waals surface area contributed by atoms with Gasteiger partial charge in [-0.05, 0) is 56.9 Å². The zero-order chi connectivity index (χ0) is 19.3. The summed E-state index contributed by atoms with van der Waals surface area (Å²) in [6.45, 7) is 8.17. The third kappa shape index (κ3) is 5.46. The second-order valence-electron chi connectivity index (χ2n) is 7.61. The van der Waals surface area contributed by atoms with Gasteiger partial charge < -0.3 is 14.9 Å². The lowest BCUT2D eigenvalue weighted by molar-refractivity contribution is -0.0216. The summed E-state index contributed by atoms with van der Waals surface area (Å²) in [5, 5.41) is 20.2. The molecule has 1 aliphatic rings. The average molecular weight is 358 g/mol. The number of aliphatic hydroxyl groups excluding tert-OH is 1. The van der Waals surface area contributed by atoms with Crippen LogP contribution in [-0.4, -0.2) is 28.4 Å². The van der Waals surface area contributed by atoms with E-state index in [4.69, 9.17) is 4.74 Å². The van der Waals surface area contributed by atoms with Gasteiger partial charge in [0.1, 0.15) is 11.9 Å². The Bertz CT molecular complexity index is 670. The lowest BCUT2D eigenvalue weighted by Gasteiger charge is -2.33. The second-order valence-corrected chi connectivity index (χ2v) is 7.61. The molecule has 2 N–H and O–H groups in total. The van der Waals surface area contributed by atoms with E-state index < -0.39 is 18.2 Å². The van der Waals surface area contributed by atoms with E-state index in [1.165, 1.54) is 17.7 Å². The van der Waals surface area contributed by atoms with Crippen molar-refractivity contribution in [3.05, 3.63) is 53.1 Å². The van der Waals surface area contributed by atoms with Crippen molar-refractivity contribution in [1.82, 2.24) is 0 Å². The average Bonchev–Trinajstić information content (AvgIpc) is 2.54. The summed E-state index contributed by atoms with van der Waals surface area (Å²) in [4.78, 5) is 12.6. The fourth-order valence-electron chi connectivity index (χ4n) is 3.54. The van der Waals surface area contributed by atoms with Gasteiger partial charge in [0.15, 0.2) is 0 Å². The minimum atomic E-state index is -0.654. The SMILES string of the molecule is CC1=C[C@@H](O)[C@@H](C(C)C)[C@H](OC(=O)c2ccc(O)cc2)CC(C)=CCC1. The van der Waals surface area contributed by atoms with Crippen molar-refractivity contribution < 1.29 is 19.7 Å². The number of phenols is 1. The van der Waals surface area contributed by atoms with Crippen molar-refractivity contribution in [3.8, 4) is 5.75 Å². The highest BCUT2D eigenvalue weighted by atomic mass is 16.5. The molecule has 0 aliphatic heterocycles. The molecular weight excluding hydrogens is 328 g/mol. The zero-order valence-corrected chi connectivity index (χ0v) is 16.1. The van der Waals surface area contributed by atoms with Crippen LogP contribution in [0.15, 0.2) is 47.6 Å². The molecule has 4 nitrogen and oxygen atoms in total. The largest absolute Gasteiger partial charge is 0.508 e. The van der Waals surface area contributed by atoms with Gasteiger partial charge in [-0.15, -0.1) is 0 Å². The molecule has 0 amide bonds. The van der Waals surface area contributed by atoms with Crippen molar-refractivity contribution in [2.24, 2.45) is 11.8 Å². The highest BCUT2D eigenvalue weighted by Crippen LogP contribution is 2.30. The molecule has 2 rings (SSSR count). The highest BCUT2D eigenvalue weighted by Gasteiger charge is 2.33. The van der Waals surface area contributed by atoms with Gasteiger partial charge >= 0.3 is 5.97 Å². The third-order valence-corrected chi connectivity index (χ3v) is 4.96. The zero-order valence-electron chi connectivity index (χ0n) is 16.1. The van der Waals surface area contributed by atoms with Crippen LogP contribution in [0.3, 0.4) is 0 Å². The van der Waals surface area contributed by atoms with Crippen molar-refractivity contribution in [2.45, 2.75) is 59.2 Å². The van der Waals surface area contributed by atoms with Gasteiger partial charge in [0.05, 0.1) is 11.7 Å². The Kier molecular flexibility index (Phi) is 7.04. The molecule has 0 bridgehead atoms. The molecule has 0 aromatic heterocycles. The van der Waals surface area contributed by atoms with Crippen molar-refractivity contribution >= 4 is 5.97 Å². The van der Waals surface area contributed by atoms with Gasteiger partial charge in [0.25, 0.3) is 0 Å². The van der Waals surface area contributed by atoms with Crippen LogP contribution in [0.5, 0.6) is 5.75 Å². The number of hydrogen-bond donors (Lipinski definition) is 2. The van der Waals surface area contributed by atoms with E-state index in [0.717, 1.165) is 18.4 Å². The van der Waals surface area contributed by atoms with Gasteiger partial charge in [-0.1, -0.05) is 37.1 Å². The molecule has 0 spiro atoms. The maximum absolute atomic E-state index is 12.6. The first-order valence-electron chi connectivity index (χ1n) is 9.29. The molecule has 4 heteroatoms. The molecule has 0 radical (unpaired) electrons. The Morgan fingerprint density at radius 2 is 1.81 bits per heavy atom. The molecule has 0 unspecified atom stereocenters. The number of benzene rings is 1. The summed E-state index contributed by atoms with van der Waals surface area (Å²) in [7, 11) is 0. The van der Waals surface area contributed by atoms with E-state index in [0.29, 0.717) is 12.0 Å². The number of phenolic OH excluding ortho intramolecular Hbond substituents is 1. The first-order chi connectivity index (χ1) is 12.3. The quantitative estimate of drug-likeness (QED) is 0.611. The Labute approximate surface area is 156 Å². The fourth-order valence-corrected chi connectivity index (χ4v) is 3.54.